The molecule has 0 aromatic rings. The van der Waals surface area contributed by atoms with Crippen LogP contribution in [0.25, 0.3) is 0 Å². The molecule has 0 aromatic heterocycles. The maximum atomic E-state index is 11.0. The van der Waals surface area contributed by atoms with E-state index >= 15 is 0 Å². The second kappa shape index (κ2) is 5.69. The van der Waals surface area contributed by atoms with Crippen LogP contribution in [0.15, 0.2) is 0 Å². The third kappa shape index (κ3) is 4.02. The van der Waals surface area contributed by atoms with Crippen molar-refractivity contribution < 1.29 is 23.9 Å². The third-order valence-corrected chi connectivity index (χ3v) is 1.98. The van der Waals surface area contributed by atoms with Crippen LogP contribution in [-0.2, 0) is 23.9 Å². The summed E-state index contributed by atoms with van der Waals surface area (Å²) in [7, 11) is 2.29. The van der Waals surface area contributed by atoms with Crippen molar-refractivity contribution in [2.24, 2.45) is 0 Å². The molecule has 74 valence electrons. The van der Waals surface area contributed by atoms with Gasteiger partial charge in [-0.15, -0.1) is 0 Å². The summed E-state index contributed by atoms with van der Waals surface area (Å²) in [6.07, 6.45) is -0.190. The molecule has 0 radical (unpaired) electrons. The molecule has 0 saturated carbocycles. The van der Waals surface area contributed by atoms with Crippen LogP contribution in [-0.4, -0.2) is 36.8 Å². The van der Waals surface area contributed by atoms with Gasteiger partial charge < -0.3 is 9.47 Å². The Morgan fingerprint density at radius 1 is 1.23 bits per heavy atom. The number of ether oxygens (including phenoxy) is 2. The van der Waals surface area contributed by atoms with Crippen molar-refractivity contribution in [3.63, 3.8) is 0 Å². The van der Waals surface area contributed by atoms with Crippen molar-refractivity contribution in [2.75, 3.05) is 14.2 Å². The summed E-state index contributed by atoms with van der Waals surface area (Å²) in [4.78, 5) is 31.5. The summed E-state index contributed by atoms with van der Waals surface area (Å²) in [6, 6.07) is 0. The number of alkyl halides is 1. The van der Waals surface area contributed by atoms with E-state index < -0.39 is 22.5 Å². The van der Waals surface area contributed by atoms with E-state index in [0.29, 0.717) is 0 Å². The summed E-state index contributed by atoms with van der Waals surface area (Å²) in [5.41, 5.74) is 0. The van der Waals surface area contributed by atoms with E-state index in [-0.39, 0.29) is 6.42 Å². The van der Waals surface area contributed by atoms with Crippen molar-refractivity contribution in [2.45, 2.75) is 11.2 Å². The fraction of sp³-hybridized carbons (Fsp3) is 0.571. The molecule has 0 fully saturated rings. The highest BCUT2D eigenvalue weighted by Crippen LogP contribution is 2.08. The summed E-state index contributed by atoms with van der Waals surface area (Å²) in [5, 5.41) is 0. The lowest BCUT2D eigenvalue weighted by molar-refractivity contribution is -0.152. The van der Waals surface area contributed by atoms with Crippen LogP contribution >= 0.6 is 15.9 Å². The molecule has 0 aliphatic carbocycles. The number of carbonyl (C=O) groups excluding carboxylic acids is 3. The zero-order valence-corrected chi connectivity index (χ0v) is 8.79. The molecular weight excluding hydrogens is 244 g/mol. The molecule has 0 aliphatic rings. The summed E-state index contributed by atoms with van der Waals surface area (Å²) in [5.74, 6) is -2.35. The molecule has 6 heteroatoms. The minimum absolute atomic E-state index is 0.190. The van der Waals surface area contributed by atoms with Gasteiger partial charge in [0, 0.05) is 0 Å². The van der Waals surface area contributed by atoms with Crippen molar-refractivity contribution in [3.8, 4) is 0 Å². The lowest BCUT2D eigenvalue weighted by atomic mass is 10.2. The van der Waals surface area contributed by atoms with Crippen molar-refractivity contribution in [3.05, 3.63) is 0 Å². The molecule has 0 saturated heterocycles. The molecule has 0 spiro atoms. The zero-order chi connectivity index (χ0) is 10.4. The Morgan fingerprint density at radius 2 is 1.77 bits per heavy atom. The van der Waals surface area contributed by atoms with Gasteiger partial charge in [0.15, 0.2) is 0 Å². The van der Waals surface area contributed by atoms with Gasteiger partial charge in [-0.2, -0.15) is 0 Å². The van der Waals surface area contributed by atoms with Crippen LogP contribution in [0, 0.1) is 0 Å². The number of Topliss-reactive ketones (excluding diaryl/α,β-unsaturated/α-hetero) is 1. The standard InChI is InChI=1S/C7H9BrO5/c1-12-5(9)3-4(8)6(10)7(11)13-2/h4H,3H2,1-2H3/t4-/m0/s1. The van der Waals surface area contributed by atoms with Crippen LogP contribution in [0.1, 0.15) is 6.42 Å². The third-order valence-electron chi connectivity index (χ3n) is 1.24. The summed E-state index contributed by atoms with van der Waals surface area (Å²) >= 11 is 2.87. The van der Waals surface area contributed by atoms with E-state index in [4.69, 9.17) is 0 Å². The van der Waals surface area contributed by atoms with Gasteiger partial charge in [-0.3, -0.25) is 9.59 Å². The number of hydrogen-bond acceptors (Lipinski definition) is 5. The zero-order valence-electron chi connectivity index (χ0n) is 7.20. The highest BCUT2D eigenvalue weighted by molar-refractivity contribution is 9.10. The van der Waals surface area contributed by atoms with Gasteiger partial charge in [-0.1, -0.05) is 15.9 Å². The molecule has 0 amide bonds. The maximum Gasteiger partial charge on any atom is 0.375 e. The maximum absolute atomic E-state index is 11.0. The quantitative estimate of drug-likeness (QED) is 0.402. The Labute approximate surface area is 83.5 Å². The summed E-state index contributed by atoms with van der Waals surface area (Å²) in [6.45, 7) is 0. The normalized spacial score (nSPS) is 11.6. The first kappa shape index (κ1) is 12.1. The molecular formula is C7H9BrO5. The van der Waals surface area contributed by atoms with E-state index in [0.717, 1.165) is 7.11 Å². The second-order valence-electron chi connectivity index (χ2n) is 2.10. The van der Waals surface area contributed by atoms with Crippen LogP contribution in [0.2, 0.25) is 0 Å². The smallest absolute Gasteiger partial charge is 0.375 e. The number of halogens is 1. The molecule has 0 rings (SSSR count). The molecule has 0 heterocycles. The molecule has 0 N–H and O–H groups in total. The average Bonchev–Trinajstić information content (AvgIpc) is 2.14. The predicted octanol–water partition coefficient (Wildman–Crippen LogP) is 0.0551. The van der Waals surface area contributed by atoms with Gasteiger partial charge in [0.2, 0.25) is 0 Å². The first-order valence-corrected chi connectivity index (χ1v) is 4.27. The van der Waals surface area contributed by atoms with Gasteiger partial charge in [0.05, 0.1) is 25.5 Å². The Balaban J connectivity index is 4.11. The SMILES string of the molecule is COC(=O)C[C@H](Br)C(=O)C(=O)OC. The van der Waals surface area contributed by atoms with E-state index in [9.17, 15) is 14.4 Å². The number of esters is 2. The van der Waals surface area contributed by atoms with Gasteiger partial charge in [0.1, 0.15) is 0 Å². The van der Waals surface area contributed by atoms with E-state index in [2.05, 4.69) is 25.4 Å². The molecule has 0 aromatic carbocycles. The number of carbonyl (C=O) groups is 3. The molecule has 0 unspecified atom stereocenters. The Morgan fingerprint density at radius 3 is 2.15 bits per heavy atom. The number of methoxy groups -OCH3 is 2. The van der Waals surface area contributed by atoms with Gasteiger partial charge in [-0.25, -0.2) is 4.79 Å². The Hall–Kier alpha value is -0.910. The molecule has 13 heavy (non-hydrogen) atoms. The minimum atomic E-state index is -0.981. The van der Waals surface area contributed by atoms with Crippen molar-refractivity contribution in [1.82, 2.24) is 0 Å². The monoisotopic (exact) mass is 252 g/mol. The number of hydrogen-bond donors (Lipinski definition) is 0. The van der Waals surface area contributed by atoms with Crippen molar-refractivity contribution >= 4 is 33.7 Å². The Kier molecular flexibility index (Phi) is 5.29. The Bertz CT molecular complexity index is 225. The summed E-state index contributed by atoms with van der Waals surface area (Å²) < 4.78 is 8.49. The van der Waals surface area contributed by atoms with Crippen LogP contribution in [0.5, 0.6) is 0 Å². The van der Waals surface area contributed by atoms with E-state index in [1.54, 1.807) is 0 Å². The molecule has 5 nitrogen and oxygen atoms in total. The largest absolute Gasteiger partial charge is 0.469 e. The van der Waals surface area contributed by atoms with E-state index in [1.807, 2.05) is 0 Å². The van der Waals surface area contributed by atoms with E-state index in [1.165, 1.54) is 7.11 Å². The fourth-order valence-electron chi connectivity index (χ4n) is 0.551. The lowest BCUT2D eigenvalue weighted by Crippen LogP contribution is -2.27. The van der Waals surface area contributed by atoms with Crippen molar-refractivity contribution in [1.29, 1.82) is 0 Å². The number of rotatable bonds is 4. The van der Waals surface area contributed by atoms with Gasteiger partial charge in [0.25, 0.3) is 5.78 Å². The first-order chi connectivity index (χ1) is 6.02. The molecule has 1 atom stereocenters. The van der Waals surface area contributed by atoms with Gasteiger partial charge >= 0.3 is 11.9 Å². The van der Waals surface area contributed by atoms with Crippen LogP contribution in [0.3, 0.4) is 0 Å². The highest BCUT2D eigenvalue weighted by atomic mass is 79.9. The van der Waals surface area contributed by atoms with Gasteiger partial charge in [-0.05, 0) is 0 Å². The fourth-order valence-corrected chi connectivity index (χ4v) is 1.00. The topological polar surface area (TPSA) is 69.7 Å². The lowest BCUT2D eigenvalue weighted by Gasteiger charge is -2.04. The minimum Gasteiger partial charge on any atom is -0.469 e. The predicted molar refractivity (Wildman–Crippen MR) is 46.4 cm³/mol. The van der Waals surface area contributed by atoms with Crippen LogP contribution < -0.4 is 0 Å². The first-order valence-electron chi connectivity index (χ1n) is 3.36. The second-order valence-corrected chi connectivity index (χ2v) is 3.21. The molecule has 0 bridgehead atoms. The average molecular weight is 253 g/mol. The highest BCUT2D eigenvalue weighted by Gasteiger charge is 2.25. The molecule has 0 aliphatic heterocycles. The van der Waals surface area contributed by atoms with Crippen LogP contribution in [0.4, 0.5) is 0 Å². The number of ketones is 1.